The van der Waals surface area contributed by atoms with Crippen molar-refractivity contribution in [1.82, 2.24) is 20.1 Å². The molecule has 3 aliphatic rings. The lowest BCUT2D eigenvalue weighted by atomic mass is 9.82. The summed E-state index contributed by atoms with van der Waals surface area (Å²) in [6.07, 6.45) is 6.58. The fourth-order valence-corrected chi connectivity index (χ4v) is 6.00. The molecular weight excluding hydrogens is 436 g/mol. The zero-order valence-corrected chi connectivity index (χ0v) is 18.7. The largest absolute Gasteiger partial charge is 0.484 e. The molecule has 10 nitrogen and oxygen atoms in total. The number of sulfonamides is 1. The van der Waals surface area contributed by atoms with E-state index in [0.29, 0.717) is 31.7 Å². The van der Waals surface area contributed by atoms with Crippen LogP contribution in [0.1, 0.15) is 51.4 Å². The predicted octanol–water partition coefficient (Wildman–Crippen LogP) is 1.53. The van der Waals surface area contributed by atoms with Crippen LogP contribution in [0.2, 0.25) is 0 Å². The lowest BCUT2D eigenvalue weighted by Gasteiger charge is -2.30. The molecule has 11 heteroatoms. The van der Waals surface area contributed by atoms with Crippen molar-refractivity contribution in [1.29, 1.82) is 0 Å². The number of piperidine rings is 1. The third-order valence-electron chi connectivity index (χ3n) is 6.25. The van der Waals surface area contributed by atoms with Gasteiger partial charge in [0.05, 0.1) is 4.90 Å². The van der Waals surface area contributed by atoms with Crippen LogP contribution in [0, 0.1) is 0 Å². The minimum absolute atomic E-state index is 0.174. The molecule has 0 unspecified atom stereocenters. The maximum Gasteiger partial charge on any atom is 0.344 e. The van der Waals surface area contributed by atoms with Crippen LogP contribution in [0.5, 0.6) is 5.75 Å². The Morgan fingerprint density at radius 2 is 1.62 bits per heavy atom. The van der Waals surface area contributed by atoms with E-state index in [0.717, 1.165) is 43.5 Å². The third kappa shape index (κ3) is 4.44. The smallest absolute Gasteiger partial charge is 0.344 e. The summed E-state index contributed by atoms with van der Waals surface area (Å²) in [6.45, 7) is 0.609. The van der Waals surface area contributed by atoms with E-state index in [1.54, 1.807) is 0 Å². The molecule has 32 heavy (non-hydrogen) atoms. The number of hydrogen-bond acceptors (Lipinski definition) is 6. The van der Waals surface area contributed by atoms with Crippen LogP contribution in [-0.2, 0) is 19.6 Å². The van der Waals surface area contributed by atoms with Gasteiger partial charge in [-0.05, 0) is 49.9 Å². The highest BCUT2D eigenvalue weighted by Gasteiger charge is 2.52. The van der Waals surface area contributed by atoms with Crippen molar-refractivity contribution in [2.24, 2.45) is 0 Å². The van der Waals surface area contributed by atoms with Crippen molar-refractivity contribution < 1.29 is 27.5 Å². The number of benzene rings is 1. The zero-order valence-electron chi connectivity index (χ0n) is 17.8. The summed E-state index contributed by atoms with van der Waals surface area (Å²) < 4.78 is 32.3. The van der Waals surface area contributed by atoms with Crippen molar-refractivity contribution in [3.05, 3.63) is 24.3 Å². The minimum atomic E-state index is -3.54. The van der Waals surface area contributed by atoms with Gasteiger partial charge in [-0.3, -0.25) is 15.0 Å². The second-order valence-corrected chi connectivity index (χ2v) is 10.4. The molecule has 174 valence electrons. The summed E-state index contributed by atoms with van der Waals surface area (Å²) in [6, 6.07) is 5.21. The van der Waals surface area contributed by atoms with Crippen LogP contribution in [-0.4, -0.2) is 60.8 Å². The highest BCUT2D eigenvalue weighted by atomic mass is 32.2. The molecule has 0 aromatic heterocycles. The van der Waals surface area contributed by atoms with Gasteiger partial charge in [-0.2, -0.15) is 9.31 Å². The molecule has 3 fully saturated rings. The molecule has 0 atom stereocenters. The van der Waals surface area contributed by atoms with Gasteiger partial charge in [0.15, 0.2) is 6.61 Å². The maximum atomic E-state index is 12.7. The van der Waals surface area contributed by atoms with Gasteiger partial charge in [0, 0.05) is 13.1 Å². The minimum Gasteiger partial charge on any atom is -0.484 e. The average Bonchev–Trinajstić information content (AvgIpc) is 3.02. The summed E-state index contributed by atoms with van der Waals surface area (Å²) in [7, 11) is -3.54. The van der Waals surface area contributed by atoms with E-state index >= 15 is 0 Å². The topological polar surface area (TPSA) is 125 Å². The number of ether oxygens (including phenoxy) is 1. The highest BCUT2D eigenvalue weighted by Crippen LogP contribution is 2.33. The second kappa shape index (κ2) is 9.07. The first-order valence-electron chi connectivity index (χ1n) is 11.0. The van der Waals surface area contributed by atoms with Crippen LogP contribution < -0.4 is 15.5 Å². The SMILES string of the molecule is O=C(COc1ccc(S(=O)(=O)N2CCCCC2)cc1)NN1C(=O)NC2(CCCCC2)C1=O. The predicted molar refractivity (Wildman–Crippen MR) is 114 cm³/mol. The molecule has 2 aliphatic heterocycles. The van der Waals surface area contributed by atoms with E-state index < -0.39 is 40.0 Å². The summed E-state index contributed by atoms with van der Waals surface area (Å²) in [5, 5.41) is 3.44. The first-order chi connectivity index (χ1) is 15.3. The molecule has 2 saturated heterocycles. The molecule has 4 rings (SSSR count). The molecule has 2 heterocycles. The van der Waals surface area contributed by atoms with Gasteiger partial charge in [-0.15, -0.1) is 0 Å². The lowest BCUT2D eigenvalue weighted by molar-refractivity contribution is -0.140. The second-order valence-electron chi connectivity index (χ2n) is 8.47. The van der Waals surface area contributed by atoms with E-state index in [1.165, 1.54) is 28.6 Å². The summed E-state index contributed by atoms with van der Waals surface area (Å²) in [5.41, 5.74) is 1.39. The maximum absolute atomic E-state index is 12.7. The molecule has 1 spiro atoms. The first-order valence-corrected chi connectivity index (χ1v) is 12.5. The normalized spacial score (nSPS) is 21.4. The Labute approximate surface area is 187 Å². The molecule has 0 bridgehead atoms. The molecule has 1 saturated carbocycles. The molecule has 0 radical (unpaired) electrons. The summed E-state index contributed by atoms with van der Waals surface area (Å²) in [5.74, 6) is -0.798. The van der Waals surface area contributed by atoms with Crippen molar-refractivity contribution in [2.45, 2.75) is 61.8 Å². The number of imide groups is 1. The number of hydrogen-bond donors (Lipinski definition) is 2. The lowest BCUT2D eigenvalue weighted by Crippen LogP contribution is -2.51. The van der Waals surface area contributed by atoms with Crippen LogP contribution in [0.25, 0.3) is 0 Å². The van der Waals surface area contributed by atoms with Crippen molar-refractivity contribution >= 4 is 27.9 Å². The Balaban J connectivity index is 1.31. The molecule has 1 aromatic rings. The number of rotatable bonds is 6. The monoisotopic (exact) mass is 464 g/mol. The Bertz CT molecular complexity index is 982. The molecule has 2 N–H and O–H groups in total. The van der Waals surface area contributed by atoms with Crippen molar-refractivity contribution in [3.63, 3.8) is 0 Å². The summed E-state index contributed by atoms with van der Waals surface area (Å²) >= 11 is 0. The van der Waals surface area contributed by atoms with Gasteiger partial charge in [-0.1, -0.05) is 25.7 Å². The number of carbonyl (C=O) groups is 3. The molecule has 4 amide bonds. The summed E-state index contributed by atoms with van der Waals surface area (Å²) in [4.78, 5) is 37.3. The number of urea groups is 1. The van der Waals surface area contributed by atoms with Crippen LogP contribution in [0.3, 0.4) is 0 Å². The van der Waals surface area contributed by atoms with E-state index in [9.17, 15) is 22.8 Å². The van der Waals surface area contributed by atoms with Crippen molar-refractivity contribution in [3.8, 4) is 5.75 Å². The Hall–Kier alpha value is -2.66. The Kier molecular flexibility index (Phi) is 6.38. The fourth-order valence-electron chi connectivity index (χ4n) is 4.48. The average molecular weight is 465 g/mol. The number of hydrazine groups is 1. The zero-order chi connectivity index (χ0) is 22.8. The van der Waals surface area contributed by atoms with Gasteiger partial charge >= 0.3 is 6.03 Å². The third-order valence-corrected chi connectivity index (χ3v) is 8.16. The van der Waals surface area contributed by atoms with E-state index in [1.807, 2.05) is 0 Å². The van der Waals surface area contributed by atoms with Gasteiger partial charge in [0.2, 0.25) is 10.0 Å². The quantitative estimate of drug-likeness (QED) is 0.615. The number of amides is 4. The van der Waals surface area contributed by atoms with Crippen LogP contribution in [0.4, 0.5) is 4.79 Å². The standard InChI is InChI=1S/C21H28N4O6S/c26-18(23-25-19(27)21(22-20(25)28)11-3-1-4-12-21)15-31-16-7-9-17(10-8-16)32(29,30)24-13-5-2-6-14-24/h7-10H,1-6,11-15H2,(H,22,28)(H,23,26). The van der Waals surface area contributed by atoms with Crippen molar-refractivity contribution in [2.75, 3.05) is 19.7 Å². The highest BCUT2D eigenvalue weighted by molar-refractivity contribution is 7.89. The van der Waals surface area contributed by atoms with E-state index in [2.05, 4.69) is 10.7 Å². The van der Waals surface area contributed by atoms with Gasteiger partial charge in [0.25, 0.3) is 11.8 Å². The van der Waals surface area contributed by atoms with Crippen LogP contribution in [0.15, 0.2) is 29.2 Å². The van der Waals surface area contributed by atoms with E-state index in [4.69, 9.17) is 4.74 Å². The Morgan fingerprint density at radius 3 is 2.28 bits per heavy atom. The van der Waals surface area contributed by atoms with Gasteiger partial charge in [-0.25, -0.2) is 13.2 Å². The first kappa shape index (κ1) is 22.5. The van der Waals surface area contributed by atoms with Crippen LogP contribution >= 0.6 is 0 Å². The molecule has 1 aromatic carbocycles. The molecule has 1 aliphatic carbocycles. The molecular formula is C21H28N4O6S. The van der Waals surface area contributed by atoms with E-state index in [-0.39, 0.29) is 4.90 Å². The number of nitrogens with zero attached hydrogens (tertiary/aromatic N) is 2. The van der Waals surface area contributed by atoms with Gasteiger partial charge in [0.1, 0.15) is 11.3 Å². The Morgan fingerprint density at radius 1 is 1.00 bits per heavy atom. The van der Waals surface area contributed by atoms with Gasteiger partial charge < -0.3 is 10.1 Å². The number of nitrogens with one attached hydrogen (secondary N) is 2. The fraction of sp³-hybridized carbons (Fsp3) is 0.571. The number of carbonyl (C=O) groups excluding carboxylic acids is 3.